The van der Waals surface area contributed by atoms with Gasteiger partial charge in [-0.2, -0.15) is 0 Å². The zero-order valence-corrected chi connectivity index (χ0v) is 13.1. The van der Waals surface area contributed by atoms with Gasteiger partial charge in [-0.1, -0.05) is 32.9 Å². The third kappa shape index (κ3) is 3.35. The van der Waals surface area contributed by atoms with E-state index < -0.39 is 0 Å². The highest BCUT2D eigenvalue weighted by Gasteiger charge is 2.18. The number of hydrogen-bond donors (Lipinski definition) is 1. The maximum absolute atomic E-state index is 5.87. The van der Waals surface area contributed by atoms with Gasteiger partial charge in [0.25, 0.3) is 0 Å². The minimum absolute atomic E-state index is 0.0824. The van der Waals surface area contributed by atoms with E-state index in [2.05, 4.69) is 54.3 Å². The van der Waals surface area contributed by atoms with Gasteiger partial charge >= 0.3 is 0 Å². The standard InChI is InChI=1S/C16H20ClN3/c1-16(2,3)13-9-11(5-6-12(13)10-18-4)14-7-8-19-15(17)20-14/h5-9,18H,10H2,1-4H3. The number of halogens is 1. The molecule has 0 radical (unpaired) electrons. The van der Waals surface area contributed by atoms with Crippen LogP contribution >= 0.6 is 11.6 Å². The van der Waals surface area contributed by atoms with Crippen LogP contribution in [-0.2, 0) is 12.0 Å². The van der Waals surface area contributed by atoms with Crippen LogP contribution in [0.25, 0.3) is 11.3 Å². The molecule has 3 nitrogen and oxygen atoms in total. The minimum atomic E-state index is 0.0824. The molecule has 1 heterocycles. The lowest BCUT2D eigenvalue weighted by Crippen LogP contribution is -2.17. The predicted molar refractivity (Wildman–Crippen MR) is 83.9 cm³/mol. The second-order valence-electron chi connectivity index (χ2n) is 5.86. The molecule has 1 N–H and O–H groups in total. The van der Waals surface area contributed by atoms with Crippen molar-refractivity contribution in [2.24, 2.45) is 0 Å². The maximum atomic E-state index is 5.87. The Bertz CT molecular complexity index is 603. The number of rotatable bonds is 3. The van der Waals surface area contributed by atoms with Gasteiger partial charge in [0.2, 0.25) is 5.28 Å². The first-order valence-electron chi connectivity index (χ1n) is 6.69. The highest BCUT2D eigenvalue weighted by Crippen LogP contribution is 2.30. The van der Waals surface area contributed by atoms with Crippen LogP contribution in [-0.4, -0.2) is 17.0 Å². The van der Waals surface area contributed by atoms with Gasteiger partial charge in [0.05, 0.1) is 5.69 Å². The summed E-state index contributed by atoms with van der Waals surface area (Å²) >= 11 is 5.87. The van der Waals surface area contributed by atoms with Gasteiger partial charge in [-0.25, -0.2) is 9.97 Å². The topological polar surface area (TPSA) is 37.8 Å². The Hall–Kier alpha value is -1.45. The first-order chi connectivity index (χ1) is 9.41. The van der Waals surface area contributed by atoms with Crippen molar-refractivity contribution >= 4 is 11.6 Å². The summed E-state index contributed by atoms with van der Waals surface area (Å²) in [6, 6.07) is 8.32. The molecular weight excluding hydrogens is 270 g/mol. The molecule has 1 aromatic carbocycles. The van der Waals surface area contributed by atoms with Gasteiger partial charge < -0.3 is 5.32 Å². The largest absolute Gasteiger partial charge is 0.316 e. The molecule has 1 aromatic heterocycles. The second-order valence-corrected chi connectivity index (χ2v) is 6.20. The van der Waals surface area contributed by atoms with Crippen LogP contribution in [0.5, 0.6) is 0 Å². The molecule has 0 spiro atoms. The molecule has 0 bridgehead atoms. The lowest BCUT2D eigenvalue weighted by Gasteiger charge is -2.24. The summed E-state index contributed by atoms with van der Waals surface area (Å²) < 4.78 is 0. The Morgan fingerprint density at radius 1 is 1.20 bits per heavy atom. The first-order valence-corrected chi connectivity index (χ1v) is 7.06. The molecule has 0 saturated heterocycles. The third-order valence-electron chi connectivity index (χ3n) is 3.21. The first kappa shape index (κ1) is 14.9. The van der Waals surface area contributed by atoms with Crippen molar-refractivity contribution in [3.05, 3.63) is 46.9 Å². The van der Waals surface area contributed by atoms with E-state index in [4.69, 9.17) is 11.6 Å². The number of aromatic nitrogens is 2. The van der Waals surface area contributed by atoms with Crippen LogP contribution in [0.2, 0.25) is 5.28 Å². The molecule has 106 valence electrons. The highest BCUT2D eigenvalue weighted by molar-refractivity contribution is 6.28. The van der Waals surface area contributed by atoms with Crippen LogP contribution in [0.3, 0.4) is 0 Å². The van der Waals surface area contributed by atoms with E-state index in [-0.39, 0.29) is 10.7 Å². The average molecular weight is 290 g/mol. The summed E-state index contributed by atoms with van der Waals surface area (Å²) in [4.78, 5) is 8.21. The van der Waals surface area contributed by atoms with E-state index in [1.807, 2.05) is 13.1 Å². The van der Waals surface area contributed by atoms with Gasteiger partial charge in [-0.05, 0) is 47.3 Å². The average Bonchev–Trinajstić information content (AvgIpc) is 2.38. The Morgan fingerprint density at radius 2 is 1.95 bits per heavy atom. The summed E-state index contributed by atoms with van der Waals surface area (Å²) in [5.74, 6) is 0. The van der Waals surface area contributed by atoms with Crippen molar-refractivity contribution in [2.75, 3.05) is 7.05 Å². The van der Waals surface area contributed by atoms with E-state index in [9.17, 15) is 0 Å². The van der Waals surface area contributed by atoms with Gasteiger partial charge in [-0.3, -0.25) is 0 Å². The fraction of sp³-hybridized carbons (Fsp3) is 0.375. The fourth-order valence-corrected chi connectivity index (χ4v) is 2.42. The number of hydrogen-bond acceptors (Lipinski definition) is 3. The molecule has 0 atom stereocenters. The van der Waals surface area contributed by atoms with Crippen LogP contribution in [0.4, 0.5) is 0 Å². The molecule has 2 aromatic rings. The zero-order chi connectivity index (χ0) is 14.8. The van der Waals surface area contributed by atoms with Gasteiger partial charge in [0.15, 0.2) is 0 Å². The van der Waals surface area contributed by atoms with E-state index in [0.717, 1.165) is 17.8 Å². The van der Waals surface area contributed by atoms with Crippen molar-refractivity contribution in [1.82, 2.24) is 15.3 Å². The maximum Gasteiger partial charge on any atom is 0.222 e. The molecule has 0 aliphatic rings. The lowest BCUT2D eigenvalue weighted by atomic mass is 9.82. The molecule has 0 fully saturated rings. The summed E-state index contributed by atoms with van der Waals surface area (Å²) in [6.07, 6.45) is 1.68. The van der Waals surface area contributed by atoms with E-state index in [1.54, 1.807) is 6.20 Å². The van der Waals surface area contributed by atoms with E-state index >= 15 is 0 Å². The van der Waals surface area contributed by atoms with Crippen molar-refractivity contribution in [3.8, 4) is 11.3 Å². The second kappa shape index (κ2) is 5.90. The molecule has 2 rings (SSSR count). The zero-order valence-electron chi connectivity index (χ0n) is 12.4. The predicted octanol–water partition coefficient (Wildman–Crippen LogP) is 3.81. The molecule has 0 saturated carbocycles. The molecule has 0 aliphatic heterocycles. The summed E-state index contributed by atoms with van der Waals surface area (Å²) in [5.41, 5.74) is 4.63. The quantitative estimate of drug-likeness (QED) is 0.873. The Balaban J connectivity index is 2.52. The third-order valence-corrected chi connectivity index (χ3v) is 3.39. The van der Waals surface area contributed by atoms with Crippen molar-refractivity contribution in [1.29, 1.82) is 0 Å². The summed E-state index contributed by atoms with van der Waals surface area (Å²) in [7, 11) is 1.96. The SMILES string of the molecule is CNCc1ccc(-c2ccnc(Cl)n2)cc1C(C)(C)C. The van der Waals surface area contributed by atoms with E-state index in [0.29, 0.717) is 0 Å². The van der Waals surface area contributed by atoms with Crippen LogP contribution < -0.4 is 5.32 Å². The number of nitrogens with zero attached hydrogens (tertiary/aromatic N) is 2. The van der Waals surface area contributed by atoms with Crippen molar-refractivity contribution in [3.63, 3.8) is 0 Å². The summed E-state index contributed by atoms with van der Waals surface area (Å²) in [5, 5.41) is 3.50. The molecular formula is C16H20ClN3. The van der Waals surface area contributed by atoms with E-state index in [1.165, 1.54) is 11.1 Å². The van der Waals surface area contributed by atoms with Crippen LogP contribution in [0, 0.1) is 0 Å². The molecule has 20 heavy (non-hydrogen) atoms. The van der Waals surface area contributed by atoms with Crippen LogP contribution in [0.1, 0.15) is 31.9 Å². The monoisotopic (exact) mass is 289 g/mol. The van der Waals surface area contributed by atoms with Crippen LogP contribution in [0.15, 0.2) is 30.5 Å². The highest BCUT2D eigenvalue weighted by atomic mass is 35.5. The van der Waals surface area contributed by atoms with Crippen molar-refractivity contribution in [2.45, 2.75) is 32.7 Å². The lowest BCUT2D eigenvalue weighted by molar-refractivity contribution is 0.579. The van der Waals surface area contributed by atoms with Gasteiger partial charge in [0, 0.05) is 18.3 Å². The normalized spacial score (nSPS) is 11.7. The molecule has 0 unspecified atom stereocenters. The Morgan fingerprint density at radius 3 is 2.55 bits per heavy atom. The summed E-state index contributed by atoms with van der Waals surface area (Å²) in [6.45, 7) is 7.52. The van der Waals surface area contributed by atoms with Gasteiger partial charge in [-0.15, -0.1) is 0 Å². The number of nitrogens with one attached hydrogen (secondary N) is 1. The Labute approximate surface area is 125 Å². The van der Waals surface area contributed by atoms with Gasteiger partial charge in [0.1, 0.15) is 0 Å². The molecule has 0 aliphatic carbocycles. The smallest absolute Gasteiger partial charge is 0.222 e. The molecule has 0 amide bonds. The molecule has 4 heteroatoms. The minimum Gasteiger partial charge on any atom is -0.316 e. The fourth-order valence-electron chi connectivity index (χ4n) is 2.27. The number of benzene rings is 1. The Kier molecular flexibility index (Phi) is 4.41. The van der Waals surface area contributed by atoms with Crippen molar-refractivity contribution < 1.29 is 0 Å².